The zero-order valence-corrected chi connectivity index (χ0v) is 11.7. The Balaban J connectivity index is 2.17. The summed E-state index contributed by atoms with van der Waals surface area (Å²) in [4.78, 5) is 2.48. The molecule has 1 aromatic carbocycles. The number of nitrogens with one attached hydrogen (secondary N) is 1. The average molecular weight is 248 g/mol. The van der Waals surface area contributed by atoms with Crippen molar-refractivity contribution in [2.75, 3.05) is 43.6 Å². The van der Waals surface area contributed by atoms with Crippen molar-refractivity contribution in [3.63, 3.8) is 0 Å². The number of rotatable bonds is 4. The van der Waals surface area contributed by atoms with Crippen molar-refractivity contribution in [3.8, 4) is 0 Å². The van der Waals surface area contributed by atoms with Gasteiger partial charge in [-0.05, 0) is 24.0 Å². The van der Waals surface area contributed by atoms with E-state index in [4.69, 9.17) is 4.74 Å². The summed E-state index contributed by atoms with van der Waals surface area (Å²) in [5.41, 5.74) is 2.85. The Hall–Kier alpha value is -1.22. The molecule has 0 unspecified atom stereocenters. The molecule has 1 aromatic rings. The zero-order chi connectivity index (χ0) is 13.0. The topological polar surface area (TPSA) is 24.5 Å². The molecule has 18 heavy (non-hydrogen) atoms. The fraction of sp³-hybridized carbons (Fsp3) is 0.600. The van der Waals surface area contributed by atoms with Crippen molar-refractivity contribution in [1.82, 2.24) is 0 Å². The molecular weight excluding hydrogens is 224 g/mol. The minimum Gasteiger partial charge on any atom is -0.385 e. The summed E-state index contributed by atoms with van der Waals surface area (Å²) in [6.45, 7) is 8.61. The third kappa shape index (κ3) is 3.16. The van der Waals surface area contributed by atoms with E-state index in [0.29, 0.717) is 0 Å². The van der Waals surface area contributed by atoms with Crippen LogP contribution < -0.4 is 10.2 Å². The lowest BCUT2D eigenvalue weighted by Crippen LogP contribution is -2.36. The third-order valence-electron chi connectivity index (χ3n) is 3.40. The van der Waals surface area contributed by atoms with E-state index < -0.39 is 0 Å². The number of hydrogen-bond acceptors (Lipinski definition) is 3. The predicted octanol–water partition coefficient (Wildman–Crippen LogP) is 2.98. The maximum atomic E-state index is 5.16. The van der Waals surface area contributed by atoms with Gasteiger partial charge in [0.25, 0.3) is 0 Å². The highest BCUT2D eigenvalue weighted by atomic mass is 16.5. The SMILES string of the molecule is COCCCN1CC(C)(C)CNc2ccccc21. The van der Waals surface area contributed by atoms with Gasteiger partial charge in [0.1, 0.15) is 0 Å². The van der Waals surface area contributed by atoms with Gasteiger partial charge >= 0.3 is 0 Å². The molecule has 0 atom stereocenters. The van der Waals surface area contributed by atoms with Crippen LogP contribution in [0.15, 0.2) is 24.3 Å². The maximum absolute atomic E-state index is 5.16. The molecule has 0 bridgehead atoms. The lowest BCUT2D eigenvalue weighted by atomic mass is 9.93. The lowest BCUT2D eigenvalue weighted by Gasteiger charge is -2.31. The standard InChI is InChI=1S/C15H24N2O/c1-15(2)11-16-13-7-4-5-8-14(13)17(12-15)9-6-10-18-3/h4-5,7-8,16H,6,9-12H2,1-3H3. The smallest absolute Gasteiger partial charge is 0.0602 e. The summed E-state index contributed by atoms with van der Waals surface area (Å²) in [6.07, 6.45) is 1.07. The van der Waals surface area contributed by atoms with Gasteiger partial charge in [-0.25, -0.2) is 0 Å². The molecule has 0 aliphatic carbocycles. The number of para-hydroxylation sites is 2. The Morgan fingerprint density at radius 1 is 1.33 bits per heavy atom. The molecule has 0 spiro atoms. The van der Waals surface area contributed by atoms with E-state index in [-0.39, 0.29) is 5.41 Å². The van der Waals surface area contributed by atoms with Gasteiger partial charge in [0.05, 0.1) is 11.4 Å². The summed E-state index contributed by atoms with van der Waals surface area (Å²) in [7, 11) is 1.77. The van der Waals surface area contributed by atoms with Gasteiger partial charge in [0.15, 0.2) is 0 Å². The largest absolute Gasteiger partial charge is 0.385 e. The van der Waals surface area contributed by atoms with E-state index >= 15 is 0 Å². The number of ether oxygens (including phenoxy) is 1. The zero-order valence-electron chi connectivity index (χ0n) is 11.7. The Morgan fingerprint density at radius 3 is 2.89 bits per heavy atom. The van der Waals surface area contributed by atoms with Crippen LogP contribution in [0.2, 0.25) is 0 Å². The van der Waals surface area contributed by atoms with Crippen molar-refractivity contribution in [3.05, 3.63) is 24.3 Å². The molecule has 3 nitrogen and oxygen atoms in total. The molecule has 0 saturated heterocycles. The first-order chi connectivity index (χ1) is 8.62. The van der Waals surface area contributed by atoms with Crippen LogP contribution in [0.1, 0.15) is 20.3 Å². The van der Waals surface area contributed by atoms with E-state index in [1.165, 1.54) is 11.4 Å². The summed E-state index contributed by atoms with van der Waals surface area (Å²) in [6, 6.07) is 8.58. The number of anilines is 2. The fourth-order valence-electron chi connectivity index (χ4n) is 2.49. The second-order valence-corrected chi connectivity index (χ2v) is 5.80. The van der Waals surface area contributed by atoms with Crippen LogP contribution in [0.3, 0.4) is 0 Å². The minimum atomic E-state index is 0.284. The average Bonchev–Trinajstić information content (AvgIpc) is 2.48. The molecular formula is C15H24N2O. The lowest BCUT2D eigenvalue weighted by molar-refractivity contribution is 0.195. The highest BCUT2D eigenvalue weighted by molar-refractivity contribution is 5.71. The maximum Gasteiger partial charge on any atom is 0.0602 e. The summed E-state index contributed by atoms with van der Waals surface area (Å²) in [5, 5.41) is 3.56. The molecule has 1 N–H and O–H groups in total. The van der Waals surface area contributed by atoms with Crippen LogP contribution in [-0.2, 0) is 4.74 Å². The molecule has 0 radical (unpaired) electrons. The van der Waals surface area contributed by atoms with Crippen molar-refractivity contribution in [2.24, 2.45) is 5.41 Å². The second kappa shape index (κ2) is 5.61. The molecule has 0 aromatic heterocycles. The van der Waals surface area contributed by atoms with Gasteiger partial charge in [0.2, 0.25) is 0 Å². The van der Waals surface area contributed by atoms with Crippen LogP contribution in [0.4, 0.5) is 11.4 Å². The second-order valence-electron chi connectivity index (χ2n) is 5.80. The quantitative estimate of drug-likeness (QED) is 0.829. The molecule has 1 aliphatic heterocycles. The van der Waals surface area contributed by atoms with Gasteiger partial charge in [0, 0.05) is 33.4 Å². The highest BCUT2D eigenvalue weighted by Crippen LogP contribution is 2.33. The number of fused-ring (bicyclic) bond motifs is 1. The van der Waals surface area contributed by atoms with Crippen molar-refractivity contribution >= 4 is 11.4 Å². The number of hydrogen-bond donors (Lipinski definition) is 1. The molecule has 1 aliphatic rings. The molecule has 100 valence electrons. The Morgan fingerprint density at radius 2 is 2.11 bits per heavy atom. The van der Waals surface area contributed by atoms with Crippen LogP contribution in [0, 0.1) is 5.41 Å². The van der Waals surface area contributed by atoms with Gasteiger partial charge in [-0.1, -0.05) is 26.0 Å². The Kier molecular flexibility index (Phi) is 4.12. The first kappa shape index (κ1) is 13.2. The molecule has 0 fully saturated rings. The van der Waals surface area contributed by atoms with Gasteiger partial charge in [-0.15, -0.1) is 0 Å². The van der Waals surface area contributed by atoms with E-state index in [2.05, 4.69) is 48.3 Å². The molecule has 1 heterocycles. The molecule has 0 saturated carbocycles. The summed E-state index contributed by atoms with van der Waals surface area (Å²) in [5.74, 6) is 0. The van der Waals surface area contributed by atoms with E-state index in [0.717, 1.165) is 32.7 Å². The summed E-state index contributed by atoms with van der Waals surface area (Å²) >= 11 is 0. The molecule has 2 rings (SSSR count). The fourth-order valence-corrected chi connectivity index (χ4v) is 2.49. The first-order valence-electron chi connectivity index (χ1n) is 6.69. The molecule has 3 heteroatoms. The van der Waals surface area contributed by atoms with Gasteiger partial charge in [-0.2, -0.15) is 0 Å². The summed E-state index contributed by atoms with van der Waals surface area (Å²) < 4.78 is 5.16. The minimum absolute atomic E-state index is 0.284. The van der Waals surface area contributed by atoms with Crippen LogP contribution in [-0.4, -0.2) is 33.4 Å². The third-order valence-corrected chi connectivity index (χ3v) is 3.40. The van der Waals surface area contributed by atoms with Crippen molar-refractivity contribution < 1.29 is 4.74 Å². The molecule has 0 amide bonds. The van der Waals surface area contributed by atoms with Crippen molar-refractivity contribution in [2.45, 2.75) is 20.3 Å². The van der Waals surface area contributed by atoms with E-state index in [1.807, 2.05) is 0 Å². The van der Waals surface area contributed by atoms with E-state index in [9.17, 15) is 0 Å². The monoisotopic (exact) mass is 248 g/mol. The Bertz CT molecular complexity index is 390. The first-order valence-corrected chi connectivity index (χ1v) is 6.69. The van der Waals surface area contributed by atoms with Gasteiger partial charge in [-0.3, -0.25) is 0 Å². The number of benzene rings is 1. The number of methoxy groups -OCH3 is 1. The normalized spacial score (nSPS) is 17.8. The predicted molar refractivity (Wildman–Crippen MR) is 77.4 cm³/mol. The van der Waals surface area contributed by atoms with Crippen LogP contribution in [0.25, 0.3) is 0 Å². The van der Waals surface area contributed by atoms with Gasteiger partial charge < -0.3 is 15.0 Å². The Labute approximate surface area is 110 Å². The van der Waals surface area contributed by atoms with Crippen LogP contribution in [0.5, 0.6) is 0 Å². The van der Waals surface area contributed by atoms with Crippen molar-refractivity contribution in [1.29, 1.82) is 0 Å². The van der Waals surface area contributed by atoms with Crippen LogP contribution >= 0.6 is 0 Å². The number of nitrogens with zero attached hydrogens (tertiary/aromatic N) is 1. The van der Waals surface area contributed by atoms with E-state index in [1.54, 1.807) is 7.11 Å². The highest BCUT2D eigenvalue weighted by Gasteiger charge is 2.26.